The molecule has 1 aromatic heterocycles. The van der Waals surface area contributed by atoms with E-state index in [1.54, 1.807) is 14.2 Å². The lowest BCUT2D eigenvalue weighted by Gasteiger charge is -2.24. The molecule has 0 aliphatic carbocycles. The van der Waals surface area contributed by atoms with Crippen LogP contribution in [0.1, 0.15) is 6.42 Å². The molecule has 1 heterocycles. The molecule has 6 nitrogen and oxygen atoms in total. The first-order valence-electron chi connectivity index (χ1n) is 5.70. The van der Waals surface area contributed by atoms with Gasteiger partial charge in [0.15, 0.2) is 5.82 Å². The van der Waals surface area contributed by atoms with E-state index in [1.165, 1.54) is 6.20 Å². The second-order valence-corrected chi connectivity index (χ2v) is 4.13. The van der Waals surface area contributed by atoms with Gasteiger partial charge in [-0.2, -0.15) is 4.98 Å². The summed E-state index contributed by atoms with van der Waals surface area (Å²) in [6, 6.07) is 0. The molecule has 1 aromatic rings. The van der Waals surface area contributed by atoms with Crippen molar-refractivity contribution in [2.24, 2.45) is 0 Å². The van der Waals surface area contributed by atoms with Crippen LogP contribution in [0.25, 0.3) is 0 Å². The van der Waals surface area contributed by atoms with Crippen molar-refractivity contribution in [3.05, 3.63) is 11.2 Å². The Morgan fingerprint density at radius 2 is 2.00 bits per heavy atom. The number of nitrogens with zero attached hydrogens (tertiary/aromatic N) is 3. The molecular formula is C11H19ClN4O2. The molecule has 0 amide bonds. The molecule has 1 rings (SSSR count). The lowest BCUT2D eigenvalue weighted by atomic mass is 10.3. The topological polar surface area (TPSA) is 73.5 Å². The van der Waals surface area contributed by atoms with Crippen LogP contribution in [0.2, 0.25) is 5.02 Å². The quantitative estimate of drug-likeness (QED) is 0.718. The number of anilines is 2. The van der Waals surface area contributed by atoms with Crippen LogP contribution in [0, 0.1) is 0 Å². The number of halogens is 1. The average Bonchev–Trinajstić information content (AvgIpc) is 2.37. The van der Waals surface area contributed by atoms with E-state index in [-0.39, 0.29) is 5.95 Å². The zero-order valence-electron chi connectivity index (χ0n) is 10.7. The first kappa shape index (κ1) is 14.9. The number of nitrogens with two attached hydrogens (primary N) is 1. The summed E-state index contributed by atoms with van der Waals surface area (Å²) in [5.41, 5.74) is 5.59. The maximum atomic E-state index is 6.09. The molecule has 0 bridgehead atoms. The molecule has 0 atom stereocenters. The van der Waals surface area contributed by atoms with Crippen LogP contribution < -0.4 is 10.6 Å². The highest BCUT2D eigenvalue weighted by atomic mass is 35.5. The smallest absolute Gasteiger partial charge is 0.222 e. The molecule has 0 aliphatic rings. The molecular weight excluding hydrogens is 256 g/mol. The molecule has 0 saturated carbocycles. The van der Waals surface area contributed by atoms with E-state index in [0.717, 1.165) is 13.0 Å². The van der Waals surface area contributed by atoms with E-state index in [9.17, 15) is 0 Å². The Hall–Kier alpha value is -1.11. The summed E-state index contributed by atoms with van der Waals surface area (Å²) < 4.78 is 10.1. The molecule has 0 aromatic carbocycles. The third-order valence-corrected chi connectivity index (χ3v) is 2.65. The highest BCUT2D eigenvalue weighted by Gasteiger charge is 2.12. The molecule has 0 spiro atoms. The van der Waals surface area contributed by atoms with Gasteiger partial charge < -0.3 is 20.1 Å². The van der Waals surface area contributed by atoms with Gasteiger partial charge in [-0.25, -0.2) is 4.98 Å². The van der Waals surface area contributed by atoms with Crippen LogP contribution in [-0.4, -0.2) is 50.5 Å². The van der Waals surface area contributed by atoms with Crippen molar-refractivity contribution in [3.8, 4) is 0 Å². The first-order chi connectivity index (χ1) is 8.69. The second kappa shape index (κ2) is 8.07. The summed E-state index contributed by atoms with van der Waals surface area (Å²) in [6.45, 7) is 2.73. The minimum atomic E-state index is 0.212. The lowest BCUT2D eigenvalue weighted by molar-refractivity contribution is 0.191. The summed E-state index contributed by atoms with van der Waals surface area (Å²) >= 11 is 6.09. The molecule has 102 valence electrons. The summed E-state index contributed by atoms with van der Waals surface area (Å²) in [4.78, 5) is 10.0. The number of rotatable bonds is 8. The number of aromatic nitrogens is 2. The zero-order valence-corrected chi connectivity index (χ0v) is 11.5. The predicted octanol–water partition coefficient (Wildman–Crippen LogP) is 1.20. The van der Waals surface area contributed by atoms with Gasteiger partial charge in [0, 0.05) is 33.9 Å². The van der Waals surface area contributed by atoms with Gasteiger partial charge in [-0.15, -0.1) is 0 Å². The minimum Gasteiger partial charge on any atom is -0.385 e. The Morgan fingerprint density at radius 3 is 2.67 bits per heavy atom. The summed E-state index contributed by atoms with van der Waals surface area (Å²) in [7, 11) is 3.33. The van der Waals surface area contributed by atoms with Gasteiger partial charge in [0.05, 0.1) is 12.8 Å². The third kappa shape index (κ3) is 4.64. The minimum absolute atomic E-state index is 0.212. The molecule has 0 radical (unpaired) electrons. The lowest BCUT2D eigenvalue weighted by Crippen LogP contribution is -2.30. The Bertz CT molecular complexity index is 365. The second-order valence-electron chi connectivity index (χ2n) is 3.73. The Labute approximate surface area is 112 Å². The molecule has 2 N–H and O–H groups in total. The standard InChI is InChI=1S/C11H19ClN4O2/c1-17-6-3-4-16(5-7-18-2)10-9(12)8-14-11(13)15-10/h8H,3-7H2,1-2H3,(H2,13,14,15). The molecule has 18 heavy (non-hydrogen) atoms. The van der Waals surface area contributed by atoms with Gasteiger partial charge in [-0.05, 0) is 6.42 Å². The van der Waals surface area contributed by atoms with Crippen molar-refractivity contribution in [2.75, 3.05) is 51.2 Å². The van der Waals surface area contributed by atoms with Crippen molar-refractivity contribution < 1.29 is 9.47 Å². The maximum Gasteiger partial charge on any atom is 0.222 e. The summed E-state index contributed by atoms with van der Waals surface area (Å²) in [5, 5.41) is 0.484. The Balaban J connectivity index is 2.75. The van der Waals surface area contributed by atoms with Crippen LogP contribution in [0.3, 0.4) is 0 Å². The van der Waals surface area contributed by atoms with Crippen molar-refractivity contribution in [1.29, 1.82) is 0 Å². The fraction of sp³-hybridized carbons (Fsp3) is 0.636. The zero-order chi connectivity index (χ0) is 13.4. The Morgan fingerprint density at radius 1 is 1.28 bits per heavy atom. The first-order valence-corrected chi connectivity index (χ1v) is 6.07. The van der Waals surface area contributed by atoms with Crippen LogP contribution in [0.4, 0.5) is 11.8 Å². The number of methoxy groups -OCH3 is 2. The highest BCUT2D eigenvalue weighted by Crippen LogP contribution is 2.23. The highest BCUT2D eigenvalue weighted by molar-refractivity contribution is 6.32. The molecule has 0 unspecified atom stereocenters. The number of ether oxygens (including phenoxy) is 2. The SMILES string of the molecule is COCCCN(CCOC)c1nc(N)ncc1Cl. The third-order valence-electron chi connectivity index (χ3n) is 2.39. The number of hydrogen-bond donors (Lipinski definition) is 1. The normalized spacial score (nSPS) is 10.6. The number of nitrogen functional groups attached to an aromatic ring is 1. The summed E-state index contributed by atoms with van der Waals surface area (Å²) in [5.74, 6) is 0.848. The van der Waals surface area contributed by atoms with Crippen molar-refractivity contribution in [3.63, 3.8) is 0 Å². The van der Waals surface area contributed by atoms with Crippen molar-refractivity contribution in [2.45, 2.75) is 6.42 Å². The van der Waals surface area contributed by atoms with Gasteiger partial charge >= 0.3 is 0 Å². The van der Waals surface area contributed by atoms with E-state index >= 15 is 0 Å². The fourth-order valence-electron chi connectivity index (χ4n) is 1.52. The van der Waals surface area contributed by atoms with E-state index < -0.39 is 0 Å². The average molecular weight is 275 g/mol. The van der Waals surface area contributed by atoms with Gasteiger partial charge in [-0.1, -0.05) is 11.6 Å². The van der Waals surface area contributed by atoms with E-state index in [0.29, 0.717) is 30.6 Å². The van der Waals surface area contributed by atoms with Gasteiger partial charge in [0.1, 0.15) is 5.02 Å². The van der Waals surface area contributed by atoms with Crippen LogP contribution in [-0.2, 0) is 9.47 Å². The molecule has 0 aliphatic heterocycles. The van der Waals surface area contributed by atoms with E-state index in [1.807, 2.05) is 4.90 Å². The predicted molar refractivity (Wildman–Crippen MR) is 72.0 cm³/mol. The van der Waals surface area contributed by atoms with Crippen LogP contribution in [0.15, 0.2) is 6.20 Å². The summed E-state index contributed by atoms with van der Waals surface area (Å²) in [6.07, 6.45) is 2.38. The molecule has 0 saturated heterocycles. The van der Waals surface area contributed by atoms with Crippen molar-refractivity contribution >= 4 is 23.4 Å². The van der Waals surface area contributed by atoms with Crippen molar-refractivity contribution in [1.82, 2.24) is 9.97 Å². The van der Waals surface area contributed by atoms with Gasteiger partial charge in [-0.3, -0.25) is 0 Å². The Kier molecular flexibility index (Phi) is 6.70. The van der Waals surface area contributed by atoms with Gasteiger partial charge in [0.25, 0.3) is 0 Å². The number of hydrogen-bond acceptors (Lipinski definition) is 6. The van der Waals surface area contributed by atoms with E-state index in [4.69, 9.17) is 26.8 Å². The molecule has 0 fully saturated rings. The fourth-order valence-corrected chi connectivity index (χ4v) is 1.73. The largest absolute Gasteiger partial charge is 0.385 e. The van der Waals surface area contributed by atoms with Crippen LogP contribution >= 0.6 is 11.6 Å². The monoisotopic (exact) mass is 274 g/mol. The van der Waals surface area contributed by atoms with E-state index in [2.05, 4.69) is 9.97 Å². The van der Waals surface area contributed by atoms with Crippen LogP contribution in [0.5, 0.6) is 0 Å². The van der Waals surface area contributed by atoms with Gasteiger partial charge in [0.2, 0.25) is 5.95 Å². The maximum absolute atomic E-state index is 6.09. The molecule has 7 heteroatoms.